The van der Waals surface area contributed by atoms with Gasteiger partial charge in [-0.25, -0.2) is 4.98 Å². The van der Waals surface area contributed by atoms with Gasteiger partial charge in [-0.3, -0.25) is 4.57 Å². The van der Waals surface area contributed by atoms with E-state index in [4.69, 9.17) is 4.98 Å². The Kier molecular flexibility index (Phi) is 10.3. The number of pyridine rings is 1. The van der Waals surface area contributed by atoms with E-state index in [-0.39, 0.29) is 27.1 Å². The van der Waals surface area contributed by atoms with Gasteiger partial charge < -0.3 is 9.80 Å². The van der Waals surface area contributed by atoms with Gasteiger partial charge in [-0.15, -0.1) is 0 Å². The first kappa shape index (κ1) is 43.1. The van der Waals surface area contributed by atoms with Crippen molar-refractivity contribution >= 4 is 44.6 Å². The van der Waals surface area contributed by atoms with Crippen LogP contribution >= 0.6 is 0 Å². The second-order valence-corrected chi connectivity index (χ2v) is 22.3. The lowest BCUT2D eigenvalue weighted by Gasteiger charge is -2.35. The van der Waals surface area contributed by atoms with Gasteiger partial charge in [-0.1, -0.05) is 187 Å². The van der Waals surface area contributed by atoms with Crippen LogP contribution in [0.1, 0.15) is 129 Å². The van der Waals surface area contributed by atoms with Crippen molar-refractivity contribution in [3.63, 3.8) is 0 Å². The van der Waals surface area contributed by atoms with E-state index in [2.05, 4.69) is 250 Å². The number of para-hydroxylation sites is 4. The van der Waals surface area contributed by atoms with Crippen molar-refractivity contribution in [3.8, 4) is 5.82 Å². The summed E-state index contributed by atoms with van der Waals surface area (Å²) >= 11 is 0. The number of hydrogen-bond acceptors (Lipinski definition) is 3. The molecule has 0 N–H and O–H groups in total. The Morgan fingerprint density at radius 3 is 1.62 bits per heavy atom. The number of anilines is 4. The Balaban J connectivity index is 1.19. The summed E-state index contributed by atoms with van der Waals surface area (Å²) in [5.74, 6) is 0.930. The van der Waals surface area contributed by atoms with E-state index in [1.807, 2.05) is 6.20 Å². The van der Waals surface area contributed by atoms with Crippen LogP contribution in [0.5, 0.6) is 0 Å². The zero-order chi connectivity index (χ0) is 45.6. The summed E-state index contributed by atoms with van der Waals surface area (Å²) in [4.78, 5) is 10.2. The smallest absolute Gasteiger partial charge is 0.137 e. The zero-order valence-corrected chi connectivity index (χ0v) is 40.4. The molecule has 0 bridgehead atoms. The fourth-order valence-corrected chi connectivity index (χ4v) is 9.96. The van der Waals surface area contributed by atoms with Crippen LogP contribution in [0.25, 0.3) is 27.6 Å². The van der Waals surface area contributed by atoms with Gasteiger partial charge in [0.05, 0.1) is 28.1 Å². The first-order valence-electron chi connectivity index (χ1n) is 23.2. The second-order valence-electron chi connectivity index (χ2n) is 22.3. The van der Waals surface area contributed by atoms with Gasteiger partial charge in [0.25, 0.3) is 0 Å². The molecule has 6 aromatic carbocycles. The zero-order valence-electron chi connectivity index (χ0n) is 40.4. The molecule has 0 saturated heterocycles. The van der Waals surface area contributed by atoms with E-state index in [0.717, 1.165) is 23.5 Å². The van der Waals surface area contributed by atoms with Crippen molar-refractivity contribution in [2.24, 2.45) is 0 Å². The van der Waals surface area contributed by atoms with Crippen molar-refractivity contribution in [1.82, 2.24) is 9.55 Å². The molecule has 0 fully saturated rings. The second kappa shape index (κ2) is 15.3. The number of benzene rings is 6. The molecule has 0 saturated carbocycles. The third-order valence-electron chi connectivity index (χ3n) is 14.1. The molecule has 4 nitrogen and oxygen atoms in total. The molecule has 0 unspecified atom stereocenters. The largest absolute Gasteiger partial charge is 0.321 e. The molecule has 0 atom stereocenters. The molecule has 4 heteroatoms. The summed E-state index contributed by atoms with van der Waals surface area (Å²) in [5, 5.41) is 2.46. The highest BCUT2D eigenvalue weighted by molar-refractivity contribution is 6.09. The summed E-state index contributed by atoms with van der Waals surface area (Å²) in [6, 6.07) is 54.4. The average molecular weight is 843 g/mol. The van der Waals surface area contributed by atoms with E-state index in [0.29, 0.717) is 0 Å². The Hall–Kier alpha value is -6.13. The van der Waals surface area contributed by atoms with Crippen molar-refractivity contribution < 1.29 is 0 Å². The number of rotatable bonds is 7. The number of aromatic nitrogens is 2. The molecule has 0 radical (unpaired) electrons. The van der Waals surface area contributed by atoms with Crippen LogP contribution in [0, 0.1) is 0 Å². The van der Waals surface area contributed by atoms with Crippen molar-refractivity contribution in [1.29, 1.82) is 0 Å². The molecule has 326 valence electrons. The number of hydrogen-bond donors (Lipinski definition) is 0. The maximum absolute atomic E-state index is 5.07. The summed E-state index contributed by atoms with van der Waals surface area (Å²) in [6.07, 6.45) is 1.98. The Bertz CT molecular complexity index is 3000. The first-order chi connectivity index (χ1) is 30.2. The van der Waals surface area contributed by atoms with E-state index in [9.17, 15) is 0 Å². The Morgan fingerprint density at radius 2 is 0.969 bits per heavy atom. The minimum Gasteiger partial charge on any atom is -0.321 e. The average Bonchev–Trinajstić information content (AvgIpc) is 3.81. The third kappa shape index (κ3) is 7.39. The van der Waals surface area contributed by atoms with Crippen LogP contribution in [0.15, 0.2) is 152 Å². The summed E-state index contributed by atoms with van der Waals surface area (Å²) in [7, 11) is 0. The highest BCUT2D eigenvalue weighted by Gasteiger charge is 2.36. The number of nitrogens with zero attached hydrogens (tertiary/aromatic N) is 4. The van der Waals surface area contributed by atoms with Gasteiger partial charge >= 0.3 is 0 Å². The maximum Gasteiger partial charge on any atom is 0.137 e. The van der Waals surface area contributed by atoms with Crippen LogP contribution in [0.4, 0.5) is 22.7 Å². The molecule has 0 spiro atoms. The van der Waals surface area contributed by atoms with Crippen molar-refractivity contribution in [2.45, 2.75) is 117 Å². The van der Waals surface area contributed by atoms with Gasteiger partial charge in [0.15, 0.2) is 0 Å². The molecular weight excluding hydrogens is 777 g/mol. The Morgan fingerprint density at radius 1 is 0.406 bits per heavy atom. The molecule has 1 aliphatic rings. The van der Waals surface area contributed by atoms with Crippen LogP contribution in [-0.4, -0.2) is 16.2 Å². The normalized spacial score (nSPS) is 13.9. The van der Waals surface area contributed by atoms with Gasteiger partial charge in [-0.2, -0.15) is 0 Å². The Labute approximate surface area is 382 Å². The molecule has 2 aromatic heterocycles. The quantitative estimate of drug-likeness (QED) is 0.160. The molecule has 64 heavy (non-hydrogen) atoms. The van der Waals surface area contributed by atoms with Crippen molar-refractivity contribution in [2.75, 3.05) is 16.5 Å². The lowest BCUT2D eigenvalue weighted by molar-refractivity contribution is 0.568. The molecule has 9 rings (SSSR count). The van der Waals surface area contributed by atoms with Gasteiger partial charge in [0, 0.05) is 33.5 Å². The van der Waals surface area contributed by atoms with E-state index >= 15 is 0 Å². The maximum atomic E-state index is 5.07. The molecule has 3 heterocycles. The summed E-state index contributed by atoms with van der Waals surface area (Å²) in [5.41, 5.74) is 15.8. The van der Waals surface area contributed by atoms with Crippen molar-refractivity contribution in [3.05, 3.63) is 191 Å². The van der Waals surface area contributed by atoms with Gasteiger partial charge in [0.2, 0.25) is 0 Å². The number of fused-ring (bicyclic) bond motifs is 4. The summed E-state index contributed by atoms with van der Waals surface area (Å²) in [6.45, 7) is 31.2. The molecule has 8 aromatic rings. The SMILES string of the molecule is CC(C)(C)c1cc(N2CN(c3c(C(C)(C)C)cccc3C(C)(C)C)c3ccccc32)cc(C(C)(C)c2ccc3c4ccccc4n(-c4cc(C(C)(C)c5ccccc5)ccn4)c3c2)c1. The first-order valence-corrected chi connectivity index (χ1v) is 23.2. The minimum absolute atomic E-state index is 0.0350. The minimum atomic E-state index is -0.340. The predicted octanol–water partition coefficient (Wildman–Crippen LogP) is 16.0. The topological polar surface area (TPSA) is 24.3 Å². The molecule has 0 amide bonds. The highest BCUT2D eigenvalue weighted by atomic mass is 15.4. The third-order valence-corrected chi connectivity index (χ3v) is 14.1. The van der Waals surface area contributed by atoms with Gasteiger partial charge in [-0.05, 0) is 104 Å². The van der Waals surface area contributed by atoms with Crippen LogP contribution in [-0.2, 0) is 27.1 Å². The molecular formula is C60H66N4. The predicted molar refractivity (Wildman–Crippen MR) is 274 cm³/mol. The van der Waals surface area contributed by atoms with E-state index in [1.165, 1.54) is 72.5 Å². The monoisotopic (exact) mass is 843 g/mol. The fourth-order valence-electron chi connectivity index (χ4n) is 9.96. The van der Waals surface area contributed by atoms with Crippen LogP contribution in [0.2, 0.25) is 0 Å². The van der Waals surface area contributed by atoms with E-state index < -0.39 is 0 Å². The van der Waals surface area contributed by atoms with E-state index in [1.54, 1.807) is 0 Å². The lowest BCUT2D eigenvalue weighted by atomic mass is 9.75. The lowest BCUT2D eigenvalue weighted by Crippen LogP contribution is -2.30. The highest BCUT2D eigenvalue weighted by Crippen LogP contribution is 2.51. The standard InChI is InChI=1S/C60H66N4/c1-56(2,3)43-34-44(36-45(35-43)62-39-63(52-29-20-19-28-51(52)62)55-48(57(4,5)6)25-21-26-49(55)58(7,8)9)60(12,13)41-30-31-47-46-24-17-18-27-50(46)64(53(47)37-41)54-38-42(32-33-61-54)59(10,11)40-22-15-14-16-23-40/h14-38H,39H2,1-13H3. The molecule has 0 aliphatic carbocycles. The fraction of sp³-hybridized carbons (Fsp3) is 0.317. The van der Waals surface area contributed by atoms with Crippen LogP contribution < -0.4 is 9.80 Å². The van der Waals surface area contributed by atoms with Gasteiger partial charge in [0.1, 0.15) is 12.5 Å². The summed E-state index contributed by atoms with van der Waals surface area (Å²) < 4.78 is 2.38. The molecule has 1 aliphatic heterocycles. The van der Waals surface area contributed by atoms with Crippen LogP contribution in [0.3, 0.4) is 0 Å².